The predicted molar refractivity (Wildman–Crippen MR) is 68.8 cm³/mol. The molecule has 4 nitrogen and oxygen atoms in total. The van der Waals surface area contributed by atoms with Crippen LogP contribution in [0.4, 0.5) is 0 Å². The predicted octanol–water partition coefficient (Wildman–Crippen LogP) is 3.75. The van der Waals surface area contributed by atoms with Crippen LogP contribution in [0.1, 0.15) is 25.7 Å². The van der Waals surface area contributed by atoms with Gasteiger partial charge in [0, 0.05) is 6.07 Å². The van der Waals surface area contributed by atoms with Crippen LogP contribution in [0.2, 0.25) is 5.28 Å². The zero-order chi connectivity index (χ0) is 12.5. The van der Waals surface area contributed by atoms with Crippen LogP contribution in [0.3, 0.4) is 0 Å². The number of nitrogens with zero attached hydrogens (tertiary/aromatic N) is 2. The molecule has 0 spiro atoms. The van der Waals surface area contributed by atoms with Crippen molar-refractivity contribution < 1.29 is 9.15 Å². The number of aromatic nitrogens is 2. The van der Waals surface area contributed by atoms with E-state index in [4.69, 9.17) is 20.8 Å². The van der Waals surface area contributed by atoms with Crippen molar-refractivity contribution in [2.75, 3.05) is 0 Å². The van der Waals surface area contributed by atoms with E-state index in [0.29, 0.717) is 17.0 Å². The molecular formula is C13H13ClN2O2. The summed E-state index contributed by atoms with van der Waals surface area (Å²) in [5, 5.41) is 0.180. The lowest BCUT2D eigenvalue weighted by molar-refractivity contribution is 0.162. The van der Waals surface area contributed by atoms with E-state index >= 15 is 0 Å². The van der Waals surface area contributed by atoms with Crippen molar-refractivity contribution >= 4 is 22.7 Å². The monoisotopic (exact) mass is 264 g/mol. The average Bonchev–Trinajstić information content (AvgIpc) is 2.80. The third kappa shape index (κ3) is 2.20. The molecule has 0 aliphatic heterocycles. The van der Waals surface area contributed by atoms with E-state index < -0.39 is 0 Å². The summed E-state index contributed by atoms with van der Waals surface area (Å²) in [6.45, 7) is 3.99. The molecule has 2 heterocycles. The molecule has 94 valence electrons. The van der Waals surface area contributed by atoms with Gasteiger partial charge >= 0.3 is 0 Å². The van der Waals surface area contributed by atoms with Crippen LogP contribution in [-0.4, -0.2) is 16.1 Å². The van der Waals surface area contributed by atoms with E-state index in [2.05, 4.69) is 16.5 Å². The zero-order valence-corrected chi connectivity index (χ0v) is 10.6. The van der Waals surface area contributed by atoms with E-state index in [0.717, 1.165) is 25.7 Å². The van der Waals surface area contributed by atoms with Gasteiger partial charge in [0.15, 0.2) is 0 Å². The van der Waals surface area contributed by atoms with Gasteiger partial charge in [-0.15, -0.1) is 0 Å². The molecule has 1 aliphatic carbocycles. The standard InChI is InChI=1S/C13H13ClN2O2/c1-8-2-4-9(5-3-8)18-12-11-10(6-7-17-11)15-13(14)16-12/h6-7,9H,1-5H2. The maximum absolute atomic E-state index is 5.89. The lowest BCUT2D eigenvalue weighted by Crippen LogP contribution is -2.21. The van der Waals surface area contributed by atoms with Crippen LogP contribution in [0.5, 0.6) is 5.88 Å². The highest BCUT2D eigenvalue weighted by Gasteiger charge is 2.20. The maximum atomic E-state index is 5.89. The van der Waals surface area contributed by atoms with Crippen LogP contribution in [0, 0.1) is 0 Å². The third-order valence-corrected chi connectivity index (χ3v) is 3.33. The molecule has 0 aromatic carbocycles. The van der Waals surface area contributed by atoms with Crippen LogP contribution >= 0.6 is 11.6 Å². The maximum Gasteiger partial charge on any atom is 0.263 e. The average molecular weight is 265 g/mol. The Balaban J connectivity index is 1.85. The van der Waals surface area contributed by atoms with Crippen molar-refractivity contribution in [2.45, 2.75) is 31.8 Å². The third-order valence-electron chi connectivity index (χ3n) is 3.16. The quantitative estimate of drug-likeness (QED) is 0.612. The first kappa shape index (κ1) is 11.5. The summed E-state index contributed by atoms with van der Waals surface area (Å²) in [5.74, 6) is 0.438. The van der Waals surface area contributed by atoms with E-state index in [-0.39, 0.29) is 11.4 Å². The Hall–Kier alpha value is -1.55. The van der Waals surface area contributed by atoms with Gasteiger partial charge in [-0.05, 0) is 37.3 Å². The molecule has 2 aromatic rings. The number of ether oxygens (including phenoxy) is 1. The number of halogens is 1. The van der Waals surface area contributed by atoms with Crippen molar-refractivity contribution in [3.63, 3.8) is 0 Å². The van der Waals surface area contributed by atoms with Gasteiger partial charge in [-0.1, -0.05) is 12.2 Å². The Morgan fingerprint density at radius 1 is 1.33 bits per heavy atom. The summed E-state index contributed by atoms with van der Waals surface area (Å²) in [6, 6.07) is 1.75. The summed E-state index contributed by atoms with van der Waals surface area (Å²) in [7, 11) is 0. The van der Waals surface area contributed by atoms with Crippen molar-refractivity contribution in [3.8, 4) is 5.88 Å². The SMILES string of the molecule is C=C1CCC(Oc2nc(Cl)nc3ccoc23)CC1. The minimum absolute atomic E-state index is 0.148. The summed E-state index contributed by atoms with van der Waals surface area (Å²) in [6.07, 6.45) is 5.64. The number of allylic oxidation sites excluding steroid dienone is 1. The number of fused-ring (bicyclic) bond motifs is 1. The summed E-state index contributed by atoms with van der Waals surface area (Å²) < 4.78 is 11.2. The molecule has 0 unspecified atom stereocenters. The van der Waals surface area contributed by atoms with Gasteiger partial charge in [0.05, 0.1) is 6.26 Å². The molecule has 18 heavy (non-hydrogen) atoms. The Morgan fingerprint density at radius 2 is 2.11 bits per heavy atom. The molecule has 2 aromatic heterocycles. The zero-order valence-electron chi connectivity index (χ0n) is 9.86. The first-order valence-corrected chi connectivity index (χ1v) is 6.34. The van der Waals surface area contributed by atoms with E-state index in [9.17, 15) is 0 Å². The van der Waals surface area contributed by atoms with Gasteiger partial charge < -0.3 is 9.15 Å². The van der Waals surface area contributed by atoms with E-state index in [1.807, 2.05) is 0 Å². The van der Waals surface area contributed by atoms with Crippen molar-refractivity contribution in [1.29, 1.82) is 0 Å². The van der Waals surface area contributed by atoms with E-state index in [1.54, 1.807) is 12.3 Å². The lowest BCUT2D eigenvalue weighted by atomic mass is 9.94. The Labute approximate surface area is 110 Å². The smallest absolute Gasteiger partial charge is 0.263 e. The Bertz CT molecular complexity index is 584. The first-order chi connectivity index (χ1) is 8.72. The molecule has 0 radical (unpaired) electrons. The van der Waals surface area contributed by atoms with Crippen molar-refractivity contribution in [3.05, 3.63) is 29.8 Å². The van der Waals surface area contributed by atoms with Crippen LogP contribution in [0.25, 0.3) is 11.1 Å². The Morgan fingerprint density at radius 3 is 2.89 bits per heavy atom. The second kappa shape index (κ2) is 4.61. The summed E-state index contributed by atoms with van der Waals surface area (Å²) in [5.41, 5.74) is 2.52. The molecule has 1 aliphatic rings. The normalized spacial score (nSPS) is 17.3. The van der Waals surface area contributed by atoms with Crippen LogP contribution < -0.4 is 4.74 Å². The van der Waals surface area contributed by atoms with Gasteiger partial charge in [0.1, 0.15) is 11.6 Å². The highest BCUT2D eigenvalue weighted by Crippen LogP contribution is 2.30. The highest BCUT2D eigenvalue weighted by molar-refractivity contribution is 6.28. The summed E-state index contributed by atoms with van der Waals surface area (Å²) in [4.78, 5) is 8.17. The van der Waals surface area contributed by atoms with Gasteiger partial charge in [-0.2, -0.15) is 4.98 Å². The highest BCUT2D eigenvalue weighted by atomic mass is 35.5. The Kier molecular flexibility index (Phi) is 2.96. The molecule has 0 saturated heterocycles. The topological polar surface area (TPSA) is 48.2 Å². The van der Waals surface area contributed by atoms with Gasteiger partial charge in [-0.3, -0.25) is 0 Å². The van der Waals surface area contributed by atoms with Gasteiger partial charge in [0.25, 0.3) is 5.88 Å². The number of rotatable bonds is 2. The van der Waals surface area contributed by atoms with Crippen LogP contribution in [0.15, 0.2) is 28.9 Å². The fraction of sp³-hybridized carbons (Fsp3) is 0.385. The fourth-order valence-electron chi connectivity index (χ4n) is 2.16. The molecular weight excluding hydrogens is 252 g/mol. The van der Waals surface area contributed by atoms with Crippen LogP contribution in [-0.2, 0) is 0 Å². The van der Waals surface area contributed by atoms with Gasteiger partial charge in [0.2, 0.25) is 10.9 Å². The number of hydrogen-bond acceptors (Lipinski definition) is 4. The number of furan rings is 1. The second-order valence-corrected chi connectivity index (χ2v) is 4.84. The molecule has 0 bridgehead atoms. The second-order valence-electron chi connectivity index (χ2n) is 4.50. The van der Waals surface area contributed by atoms with Crippen molar-refractivity contribution in [1.82, 2.24) is 9.97 Å². The van der Waals surface area contributed by atoms with Crippen molar-refractivity contribution in [2.24, 2.45) is 0 Å². The van der Waals surface area contributed by atoms with E-state index in [1.165, 1.54) is 5.57 Å². The van der Waals surface area contributed by atoms with Gasteiger partial charge in [-0.25, -0.2) is 4.98 Å². The minimum Gasteiger partial charge on any atom is -0.472 e. The molecule has 1 saturated carbocycles. The first-order valence-electron chi connectivity index (χ1n) is 5.96. The molecule has 0 amide bonds. The lowest BCUT2D eigenvalue weighted by Gasteiger charge is -2.23. The molecule has 0 atom stereocenters. The molecule has 3 rings (SSSR count). The molecule has 1 fully saturated rings. The fourth-order valence-corrected chi connectivity index (χ4v) is 2.33. The largest absolute Gasteiger partial charge is 0.472 e. The minimum atomic E-state index is 0.148. The molecule has 5 heteroatoms. The number of hydrogen-bond donors (Lipinski definition) is 0. The molecule has 0 N–H and O–H groups in total. The summed E-state index contributed by atoms with van der Waals surface area (Å²) >= 11 is 5.86.